The molecule has 12 heavy (non-hydrogen) atoms. The van der Waals surface area contributed by atoms with E-state index >= 15 is 0 Å². The van der Waals surface area contributed by atoms with Gasteiger partial charge in [-0.15, -0.1) is 0 Å². The fourth-order valence-corrected chi connectivity index (χ4v) is 2.48. The largest absolute Gasteiger partial charge is 0.383 e. The normalized spacial score (nSPS) is 15.7. The van der Waals surface area contributed by atoms with E-state index in [0.29, 0.717) is 10.6 Å². The number of nitrogen functional groups attached to an aromatic ring is 1. The third-order valence-corrected chi connectivity index (χ3v) is 3.08. The van der Waals surface area contributed by atoms with Crippen molar-refractivity contribution >= 4 is 29.8 Å². The Hall–Kier alpha value is -0.550. The van der Waals surface area contributed by atoms with Crippen LogP contribution in [-0.4, -0.2) is 15.7 Å². The van der Waals surface area contributed by atoms with Gasteiger partial charge in [0.25, 0.3) is 0 Å². The van der Waals surface area contributed by atoms with E-state index in [-0.39, 0.29) is 0 Å². The van der Waals surface area contributed by atoms with E-state index in [2.05, 4.69) is 9.97 Å². The van der Waals surface area contributed by atoms with Crippen LogP contribution in [0, 0.1) is 4.77 Å². The molecule has 1 aliphatic rings. The molecule has 1 aliphatic heterocycles. The highest BCUT2D eigenvalue weighted by atomic mass is 32.2. The number of H-pyrrole nitrogens is 1. The van der Waals surface area contributed by atoms with E-state index in [4.69, 9.17) is 18.0 Å². The second-order valence-corrected chi connectivity index (χ2v) is 4.18. The number of aromatic nitrogens is 2. The Morgan fingerprint density at radius 1 is 1.58 bits per heavy atom. The first kappa shape index (κ1) is 8.07. The third kappa shape index (κ3) is 1.34. The van der Waals surface area contributed by atoms with Crippen LogP contribution < -0.4 is 5.73 Å². The van der Waals surface area contributed by atoms with E-state index in [9.17, 15) is 0 Å². The van der Waals surface area contributed by atoms with Gasteiger partial charge in [-0.3, -0.25) is 0 Å². The van der Waals surface area contributed by atoms with Gasteiger partial charge in [0.15, 0.2) is 4.77 Å². The summed E-state index contributed by atoms with van der Waals surface area (Å²) >= 11 is 6.82. The first-order valence-electron chi connectivity index (χ1n) is 3.72. The first-order valence-corrected chi connectivity index (χ1v) is 5.29. The summed E-state index contributed by atoms with van der Waals surface area (Å²) in [7, 11) is 0. The van der Waals surface area contributed by atoms with Gasteiger partial charge < -0.3 is 10.7 Å². The van der Waals surface area contributed by atoms with E-state index in [1.54, 1.807) is 0 Å². The summed E-state index contributed by atoms with van der Waals surface area (Å²) in [5.74, 6) is 2.71. The number of fused-ring (bicyclic) bond motifs is 1. The maximum Gasteiger partial charge on any atom is 0.198 e. The number of hydrogen-bond acceptors (Lipinski definition) is 4. The maximum absolute atomic E-state index is 5.74. The van der Waals surface area contributed by atoms with Gasteiger partial charge in [0.2, 0.25) is 0 Å². The molecule has 0 spiro atoms. The molecule has 0 saturated carbocycles. The number of anilines is 1. The predicted octanol–water partition coefficient (Wildman–Crippen LogP) is 1.51. The molecule has 0 saturated heterocycles. The summed E-state index contributed by atoms with van der Waals surface area (Å²) in [6, 6.07) is 0. The Morgan fingerprint density at radius 2 is 2.42 bits per heavy atom. The van der Waals surface area contributed by atoms with Gasteiger partial charge in [-0.1, -0.05) is 0 Å². The molecule has 1 aromatic rings. The van der Waals surface area contributed by atoms with Crippen LogP contribution >= 0.6 is 24.0 Å². The zero-order valence-electron chi connectivity index (χ0n) is 6.46. The highest BCUT2D eigenvalue weighted by Gasteiger charge is 2.13. The summed E-state index contributed by atoms with van der Waals surface area (Å²) in [6.45, 7) is 0. The molecule has 0 bridgehead atoms. The fraction of sp³-hybridized carbons (Fsp3) is 0.429. The second kappa shape index (κ2) is 3.06. The maximum atomic E-state index is 5.74. The summed E-state index contributed by atoms with van der Waals surface area (Å²) in [5.41, 5.74) is 8.05. The van der Waals surface area contributed by atoms with Crippen LogP contribution in [0.5, 0.6) is 0 Å². The molecule has 5 heteroatoms. The molecule has 3 nitrogen and oxygen atoms in total. The monoisotopic (exact) mass is 199 g/mol. The van der Waals surface area contributed by atoms with Crippen molar-refractivity contribution in [2.45, 2.75) is 12.2 Å². The lowest BCUT2D eigenvalue weighted by Crippen LogP contribution is -2.10. The number of nitrogens with two attached hydrogens (primary N) is 1. The summed E-state index contributed by atoms with van der Waals surface area (Å²) < 4.78 is 0.494. The van der Waals surface area contributed by atoms with Crippen molar-refractivity contribution < 1.29 is 0 Å². The van der Waals surface area contributed by atoms with Gasteiger partial charge in [-0.05, 0) is 24.4 Å². The van der Waals surface area contributed by atoms with Crippen molar-refractivity contribution in [3.05, 3.63) is 16.0 Å². The van der Waals surface area contributed by atoms with E-state index in [0.717, 1.165) is 29.2 Å². The third-order valence-electron chi connectivity index (χ3n) is 1.90. The molecule has 0 radical (unpaired) electrons. The second-order valence-electron chi connectivity index (χ2n) is 2.69. The summed E-state index contributed by atoms with van der Waals surface area (Å²) in [5, 5.41) is 0. The number of nitrogens with zero attached hydrogens (tertiary/aromatic N) is 1. The van der Waals surface area contributed by atoms with Crippen LogP contribution in [0.25, 0.3) is 0 Å². The fourth-order valence-electron chi connectivity index (χ4n) is 1.31. The summed E-state index contributed by atoms with van der Waals surface area (Å²) in [6.07, 6.45) is 1.00. The molecular weight excluding hydrogens is 190 g/mol. The average Bonchev–Trinajstić information content (AvgIpc) is 2.04. The lowest BCUT2D eigenvalue weighted by Gasteiger charge is -2.15. The zero-order valence-corrected chi connectivity index (χ0v) is 8.10. The van der Waals surface area contributed by atoms with Crippen molar-refractivity contribution in [3.8, 4) is 0 Å². The molecule has 0 aliphatic carbocycles. The minimum Gasteiger partial charge on any atom is -0.383 e. The Labute approximate surface area is 79.8 Å². The van der Waals surface area contributed by atoms with Crippen LogP contribution in [0.4, 0.5) is 5.82 Å². The van der Waals surface area contributed by atoms with Crippen LogP contribution in [0.15, 0.2) is 0 Å². The molecular formula is C7H9N3S2. The molecule has 2 heterocycles. The minimum atomic E-state index is 0.494. The number of rotatable bonds is 0. The SMILES string of the molecule is Nc1nc(=S)[nH]c2c1CCSC2. The Morgan fingerprint density at radius 3 is 3.25 bits per heavy atom. The van der Waals surface area contributed by atoms with Crippen LogP contribution in [0.2, 0.25) is 0 Å². The molecule has 0 atom stereocenters. The highest BCUT2D eigenvalue weighted by molar-refractivity contribution is 7.98. The van der Waals surface area contributed by atoms with Crippen LogP contribution in [0.3, 0.4) is 0 Å². The van der Waals surface area contributed by atoms with Gasteiger partial charge in [-0.2, -0.15) is 11.8 Å². The lowest BCUT2D eigenvalue weighted by atomic mass is 10.1. The molecule has 2 rings (SSSR count). The Balaban J connectivity index is 2.60. The van der Waals surface area contributed by atoms with Gasteiger partial charge >= 0.3 is 0 Å². The molecule has 0 fully saturated rings. The zero-order chi connectivity index (χ0) is 8.55. The quantitative estimate of drug-likeness (QED) is 0.622. The predicted molar refractivity (Wildman–Crippen MR) is 53.7 cm³/mol. The van der Waals surface area contributed by atoms with Crippen molar-refractivity contribution in [2.75, 3.05) is 11.5 Å². The number of hydrogen-bond donors (Lipinski definition) is 2. The lowest BCUT2D eigenvalue weighted by molar-refractivity contribution is 0.967. The molecule has 1 aromatic heterocycles. The topological polar surface area (TPSA) is 54.7 Å². The smallest absolute Gasteiger partial charge is 0.198 e. The van der Waals surface area contributed by atoms with E-state index in [1.165, 1.54) is 0 Å². The molecule has 0 aromatic carbocycles. The van der Waals surface area contributed by atoms with Crippen molar-refractivity contribution in [2.24, 2.45) is 0 Å². The van der Waals surface area contributed by atoms with Crippen molar-refractivity contribution in [1.82, 2.24) is 9.97 Å². The van der Waals surface area contributed by atoms with Crippen molar-refractivity contribution in [1.29, 1.82) is 0 Å². The minimum absolute atomic E-state index is 0.494. The molecule has 0 amide bonds. The molecule has 0 unspecified atom stereocenters. The van der Waals surface area contributed by atoms with Crippen LogP contribution in [0.1, 0.15) is 11.3 Å². The number of aromatic amines is 1. The average molecular weight is 199 g/mol. The number of nitrogens with one attached hydrogen (secondary N) is 1. The van der Waals surface area contributed by atoms with E-state index < -0.39 is 0 Å². The Bertz CT molecular complexity index is 358. The van der Waals surface area contributed by atoms with E-state index in [1.807, 2.05) is 11.8 Å². The first-order chi connectivity index (χ1) is 5.77. The van der Waals surface area contributed by atoms with Gasteiger partial charge in [-0.25, -0.2) is 4.98 Å². The van der Waals surface area contributed by atoms with Gasteiger partial charge in [0, 0.05) is 17.0 Å². The highest BCUT2D eigenvalue weighted by Crippen LogP contribution is 2.25. The standard InChI is InChI=1S/C7H9N3S2/c8-6-4-1-2-12-3-5(4)9-7(11)10-6/h1-3H2,(H3,8,9,10,11). The molecule has 3 N–H and O–H groups in total. The molecule has 64 valence electrons. The van der Waals surface area contributed by atoms with Gasteiger partial charge in [0.05, 0.1) is 0 Å². The van der Waals surface area contributed by atoms with Gasteiger partial charge in [0.1, 0.15) is 5.82 Å². The van der Waals surface area contributed by atoms with Crippen molar-refractivity contribution in [3.63, 3.8) is 0 Å². The Kier molecular flexibility index (Phi) is 2.06. The van der Waals surface area contributed by atoms with Crippen LogP contribution in [-0.2, 0) is 12.2 Å². The number of thioether (sulfide) groups is 1. The summed E-state index contributed by atoms with van der Waals surface area (Å²) in [4.78, 5) is 7.09.